The van der Waals surface area contributed by atoms with Gasteiger partial charge in [0.1, 0.15) is 12.3 Å². The van der Waals surface area contributed by atoms with Crippen LogP contribution in [0.15, 0.2) is 30.3 Å². The largest absolute Gasteiger partial charge is 0.493 e. The van der Waals surface area contributed by atoms with E-state index < -0.39 is 0 Å². The first kappa shape index (κ1) is 16.9. The fourth-order valence-corrected chi connectivity index (χ4v) is 2.20. The van der Waals surface area contributed by atoms with Gasteiger partial charge in [-0.1, -0.05) is 51.1 Å². The van der Waals surface area contributed by atoms with Gasteiger partial charge in [0.05, 0.1) is 12.8 Å². The Bertz CT molecular complexity index is 691. The molecule has 0 fully saturated rings. The molecule has 1 aromatic carbocycles. The highest BCUT2D eigenvalue weighted by Crippen LogP contribution is 2.34. The summed E-state index contributed by atoms with van der Waals surface area (Å²) in [5, 5.41) is 0. The van der Waals surface area contributed by atoms with Gasteiger partial charge in [0, 0.05) is 17.9 Å². The average Bonchev–Trinajstić information content (AvgIpc) is 2.51. The van der Waals surface area contributed by atoms with Crippen molar-refractivity contribution in [3.8, 4) is 17.1 Å². The normalized spacial score (nSPS) is 11.2. The van der Waals surface area contributed by atoms with Crippen LogP contribution in [0.1, 0.15) is 39.1 Å². The van der Waals surface area contributed by atoms with Crippen LogP contribution in [0.3, 0.4) is 0 Å². The zero-order valence-electron chi connectivity index (χ0n) is 14.2. The summed E-state index contributed by atoms with van der Waals surface area (Å²) in [6, 6.07) is 9.71. The van der Waals surface area contributed by atoms with E-state index in [-0.39, 0.29) is 18.0 Å². The molecule has 1 aromatic heterocycles. The molecule has 0 spiro atoms. The van der Waals surface area contributed by atoms with E-state index in [0.717, 1.165) is 11.3 Å². The van der Waals surface area contributed by atoms with Crippen molar-refractivity contribution in [1.29, 1.82) is 0 Å². The van der Waals surface area contributed by atoms with Crippen LogP contribution in [-0.2, 0) is 21.6 Å². The molecule has 0 aliphatic heterocycles. The standard InChI is InChI=1S/C18H22N2O3/c1-12(21)23-11-14-15(22-5)16(18(2,3)4)20-17(19-14)13-9-7-6-8-10-13/h6-10H,11H2,1-5H3. The highest BCUT2D eigenvalue weighted by molar-refractivity contribution is 5.66. The van der Waals surface area contributed by atoms with Crippen molar-refractivity contribution in [3.05, 3.63) is 41.7 Å². The molecule has 0 unspecified atom stereocenters. The molecule has 0 aliphatic carbocycles. The van der Waals surface area contributed by atoms with Crippen LogP contribution in [0.4, 0.5) is 0 Å². The van der Waals surface area contributed by atoms with Crippen molar-refractivity contribution in [2.75, 3.05) is 7.11 Å². The lowest BCUT2D eigenvalue weighted by Gasteiger charge is -2.23. The van der Waals surface area contributed by atoms with Crippen LogP contribution in [0.2, 0.25) is 0 Å². The first-order valence-corrected chi connectivity index (χ1v) is 7.47. The van der Waals surface area contributed by atoms with Crippen molar-refractivity contribution in [2.24, 2.45) is 0 Å². The Morgan fingerprint density at radius 2 is 1.78 bits per heavy atom. The third-order valence-electron chi connectivity index (χ3n) is 3.29. The lowest BCUT2D eigenvalue weighted by molar-refractivity contribution is -0.142. The van der Waals surface area contributed by atoms with Gasteiger partial charge in [-0.2, -0.15) is 0 Å². The molecular formula is C18H22N2O3. The van der Waals surface area contributed by atoms with Gasteiger partial charge in [-0.25, -0.2) is 9.97 Å². The van der Waals surface area contributed by atoms with Crippen molar-refractivity contribution in [3.63, 3.8) is 0 Å². The highest BCUT2D eigenvalue weighted by Gasteiger charge is 2.26. The minimum atomic E-state index is -0.357. The fraction of sp³-hybridized carbons (Fsp3) is 0.389. The summed E-state index contributed by atoms with van der Waals surface area (Å²) in [6.07, 6.45) is 0. The van der Waals surface area contributed by atoms with Gasteiger partial charge in [0.2, 0.25) is 0 Å². The summed E-state index contributed by atoms with van der Waals surface area (Å²) >= 11 is 0. The first-order chi connectivity index (χ1) is 10.8. The van der Waals surface area contributed by atoms with E-state index in [0.29, 0.717) is 17.3 Å². The molecule has 122 valence electrons. The maximum Gasteiger partial charge on any atom is 0.303 e. The molecule has 1 heterocycles. The van der Waals surface area contributed by atoms with Crippen LogP contribution in [0.5, 0.6) is 5.75 Å². The van der Waals surface area contributed by atoms with Gasteiger partial charge >= 0.3 is 5.97 Å². The molecule has 0 saturated carbocycles. The predicted molar refractivity (Wildman–Crippen MR) is 88.2 cm³/mol. The Hall–Kier alpha value is -2.43. The third-order valence-corrected chi connectivity index (χ3v) is 3.29. The second-order valence-corrected chi connectivity index (χ2v) is 6.27. The number of aromatic nitrogens is 2. The molecule has 0 saturated heterocycles. The maximum atomic E-state index is 11.1. The molecule has 0 amide bonds. The second-order valence-electron chi connectivity index (χ2n) is 6.27. The Morgan fingerprint density at radius 3 is 2.30 bits per heavy atom. The molecule has 0 radical (unpaired) electrons. The number of carbonyl (C=O) groups is 1. The zero-order valence-corrected chi connectivity index (χ0v) is 14.2. The Morgan fingerprint density at radius 1 is 1.13 bits per heavy atom. The van der Waals surface area contributed by atoms with E-state index >= 15 is 0 Å². The second kappa shape index (κ2) is 6.77. The number of rotatable bonds is 4. The summed E-state index contributed by atoms with van der Waals surface area (Å²) in [6.45, 7) is 7.60. The summed E-state index contributed by atoms with van der Waals surface area (Å²) < 4.78 is 10.6. The number of carbonyl (C=O) groups excluding carboxylic acids is 1. The van der Waals surface area contributed by atoms with E-state index in [1.807, 2.05) is 30.3 Å². The Labute approximate surface area is 136 Å². The van der Waals surface area contributed by atoms with Crippen molar-refractivity contribution in [1.82, 2.24) is 9.97 Å². The van der Waals surface area contributed by atoms with Crippen molar-refractivity contribution >= 4 is 5.97 Å². The molecule has 0 aliphatic rings. The van der Waals surface area contributed by atoms with E-state index in [1.165, 1.54) is 6.92 Å². The average molecular weight is 314 g/mol. The van der Waals surface area contributed by atoms with Crippen LogP contribution in [0, 0.1) is 0 Å². The first-order valence-electron chi connectivity index (χ1n) is 7.47. The summed E-state index contributed by atoms with van der Waals surface area (Å²) in [5.74, 6) is 0.807. The predicted octanol–water partition coefficient (Wildman–Crippen LogP) is 3.51. The smallest absolute Gasteiger partial charge is 0.303 e. The van der Waals surface area contributed by atoms with Crippen LogP contribution >= 0.6 is 0 Å². The van der Waals surface area contributed by atoms with Gasteiger partial charge in [-0.3, -0.25) is 4.79 Å². The number of benzene rings is 1. The molecule has 0 bridgehead atoms. The fourth-order valence-electron chi connectivity index (χ4n) is 2.20. The van der Waals surface area contributed by atoms with E-state index in [1.54, 1.807) is 7.11 Å². The summed E-state index contributed by atoms with van der Waals surface area (Å²) in [7, 11) is 1.58. The lowest BCUT2D eigenvalue weighted by atomic mass is 9.90. The van der Waals surface area contributed by atoms with Crippen molar-refractivity contribution in [2.45, 2.75) is 39.7 Å². The number of methoxy groups -OCH3 is 1. The SMILES string of the molecule is COc1c(COC(C)=O)nc(-c2ccccc2)nc1C(C)(C)C. The number of ether oxygens (including phenoxy) is 2. The monoisotopic (exact) mass is 314 g/mol. The molecular weight excluding hydrogens is 292 g/mol. The zero-order chi connectivity index (χ0) is 17.0. The minimum Gasteiger partial charge on any atom is -0.493 e. The molecule has 5 nitrogen and oxygen atoms in total. The van der Waals surface area contributed by atoms with E-state index in [2.05, 4.69) is 25.8 Å². The summed E-state index contributed by atoms with van der Waals surface area (Å²) in [5.41, 5.74) is 2.03. The van der Waals surface area contributed by atoms with Crippen LogP contribution in [0.25, 0.3) is 11.4 Å². The van der Waals surface area contributed by atoms with E-state index in [9.17, 15) is 4.79 Å². The number of hydrogen-bond acceptors (Lipinski definition) is 5. The molecule has 5 heteroatoms. The van der Waals surface area contributed by atoms with Gasteiger partial charge in [-0.05, 0) is 0 Å². The van der Waals surface area contributed by atoms with Crippen molar-refractivity contribution < 1.29 is 14.3 Å². The number of esters is 1. The minimum absolute atomic E-state index is 0.0595. The molecule has 0 N–H and O–H groups in total. The van der Waals surface area contributed by atoms with Crippen LogP contribution in [-0.4, -0.2) is 23.0 Å². The Balaban J connectivity index is 2.61. The molecule has 2 aromatic rings. The highest BCUT2D eigenvalue weighted by atomic mass is 16.5. The maximum absolute atomic E-state index is 11.1. The molecule has 23 heavy (non-hydrogen) atoms. The quantitative estimate of drug-likeness (QED) is 0.808. The number of hydrogen-bond donors (Lipinski definition) is 0. The van der Waals surface area contributed by atoms with Crippen LogP contribution < -0.4 is 4.74 Å². The Kier molecular flexibility index (Phi) is 4.98. The topological polar surface area (TPSA) is 61.3 Å². The lowest BCUT2D eigenvalue weighted by Crippen LogP contribution is -2.18. The molecule has 0 atom stereocenters. The van der Waals surface area contributed by atoms with E-state index in [4.69, 9.17) is 14.5 Å². The molecule has 2 rings (SSSR count). The van der Waals surface area contributed by atoms with Gasteiger partial charge in [0.15, 0.2) is 11.6 Å². The van der Waals surface area contributed by atoms with Gasteiger partial charge < -0.3 is 9.47 Å². The third kappa shape index (κ3) is 4.06. The van der Waals surface area contributed by atoms with Gasteiger partial charge in [-0.15, -0.1) is 0 Å². The number of nitrogens with zero attached hydrogens (tertiary/aromatic N) is 2. The van der Waals surface area contributed by atoms with Gasteiger partial charge in [0.25, 0.3) is 0 Å². The summed E-state index contributed by atoms with van der Waals surface area (Å²) in [4.78, 5) is 20.4.